The van der Waals surface area contributed by atoms with Crippen LogP contribution in [-0.4, -0.2) is 76.3 Å². The summed E-state index contributed by atoms with van der Waals surface area (Å²) >= 11 is 0. The van der Waals surface area contributed by atoms with Crippen molar-refractivity contribution in [3.63, 3.8) is 0 Å². The third-order valence-corrected chi connectivity index (χ3v) is 5.56. The van der Waals surface area contributed by atoms with E-state index in [9.17, 15) is 0 Å². The van der Waals surface area contributed by atoms with Gasteiger partial charge >= 0.3 is 0 Å². The van der Waals surface area contributed by atoms with Crippen molar-refractivity contribution < 1.29 is 19.5 Å². The number of pyridine rings is 4. The van der Waals surface area contributed by atoms with Gasteiger partial charge in [-0.2, -0.15) is 0 Å². The van der Waals surface area contributed by atoms with E-state index in [4.69, 9.17) is 0 Å². The molecule has 4 rings (SSSR count). The largest absolute Gasteiger partial charge is 0.378 e. The van der Waals surface area contributed by atoms with Gasteiger partial charge in [0.25, 0.3) is 0 Å². The standard InChI is InChI=1S/2C14H18N4.Ru/c2*1-17(2)11-5-7-15-13(9-11)14-10-12(18(3)4)6-8-16-14;/h2*5-10H,1-4H3;. The van der Waals surface area contributed by atoms with Crippen LogP contribution in [0.4, 0.5) is 22.7 Å². The average molecular weight is 586 g/mol. The monoisotopic (exact) mass is 586 g/mol. The summed E-state index contributed by atoms with van der Waals surface area (Å²) in [4.78, 5) is 25.8. The zero-order valence-electron chi connectivity index (χ0n) is 22.9. The number of nitrogens with zero attached hydrogens (tertiary/aromatic N) is 8. The van der Waals surface area contributed by atoms with Crippen molar-refractivity contribution in [2.24, 2.45) is 0 Å². The second-order valence-corrected chi connectivity index (χ2v) is 9.17. The first-order valence-corrected chi connectivity index (χ1v) is 11.7. The second-order valence-electron chi connectivity index (χ2n) is 9.17. The SMILES string of the molecule is CN(C)c1ccnc(-c2cc(N(C)C)ccn2)c1.CN(C)c1ccnc(-c2cc(N(C)C)ccn2)c1.[Ru]. The third kappa shape index (κ3) is 8.22. The van der Waals surface area contributed by atoms with Crippen molar-refractivity contribution >= 4 is 22.7 Å². The summed E-state index contributed by atoms with van der Waals surface area (Å²) in [5.41, 5.74) is 8.06. The van der Waals surface area contributed by atoms with Gasteiger partial charge in [0.15, 0.2) is 0 Å². The van der Waals surface area contributed by atoms with Crippen molar-refractivity contribution in [2.75, 3.05) is 76.0 Å². The van der Waals surface area contributed by atoms with Crippen LogP contribution in [-0.2, 0) is 19.5 Å². The molecule has 4 aromatic heterocycles. The van der Waals surface area contributed by atoms with Crippen LogP contribution >= 0.6 is 0 Å². The van der Waals surface area contributed by atoms with Crippen molar-refractivity contribution in [3.05, 3.63) is 73.3 Å². The van der Waals surface area contributed by atoms with Gasteiger partial charge in [0.2, 0.25) is 0 Å². The number of rotatable bonds is 6. The molecule has 0 amide bonds. The van der Waals surface area contributed by atoms with Crippen LogP contribution < -0.4 is 19.6 Å². The Bertz CT molecular complexity index is 1080. The maximum Gasteiger partial charge on any atom is 0.0907 e. The van der Waals surface area contributed by atoms with E-state index in [1.54, 1.807) is 0 Å². The first-order chi connectivity index (χ1) is 17.2. The van der Waals surface area contributed by atoms with E-state index in [2.05, 4.69) is 39.5 Å². The second kappa shape index (κ2) is 13.7. The number of hydrogen-bond donors (Lipinski definition) is 0. The van der Waals surface area contributed by atoms with Crippen LogP contribution in [0.5, 0.6) is 0 Å². The molecule has 8 nitrogen and oxygen atoms in total. The van der Waals surface area contributed by atoms with E-state index >= 15 is 0 Å². The van der Waals surface area contributed by atoms with Crippen molar-refractivity contribution in [1.82, 2.24) is 19.9 Å². The molecule has 0 aliphatic carbocycles. The van der Waals surface area contributed by atoms with Gasteiger partial charge in [-0.15, -0.1) is 0 Å². The van der Waals surface area contributed by atoms with Gasteiger partial charge in [-0.3, -0.25) is 19.9 Å². The van der Waals surface area contributed by atoms with Gasteiger partial charge in [-0.1, -0.05) is 0 Å². The maximum atomic E-state index is 4.38. The molecular formula is C28H36N8Ru. The van der Waals surface area contributed by atoms with E-state index in [1.165, 1.54) is 0 Å². The van der Waals surface area contributed by atoms with Gasteiger partial charge in [-0.25, -0.2) is 0 Å². The number of anilines is 4. The van der Waals surface area contributed by atoms with Crippen molar-refractivity contribution in [1.29, 1.82) is 0 Å². The molecule has 4 aromatic rings. The van der Waals surface area contributed by atoms with Crippen LogP contribution in [0.3, 0.4) is 0 Å². The molecule has 0 radical (unpaired) electrons. The Labute approximate surface area is 233 Å². The Kier molecular flexibility index (Phi) is 10.9. The third-order valence-electron chi connectivity index (χ3n) is 5.56. The summed E-state index contributed by atoms with van der Waals surface area (Å²) in [5, 5.41) is 0. The van der Waals surface area contributed by atoms with E-state index in [1.807, 2.05) is 130 Å². The van der Waals surface area contributed by atoms with E-state index in [-0.39, 0.29) is 19.5 Å². The smallest absolute Gasteiger partial charge is 0.0907 e. The molecule has 0 aliphatic heterocycles. The quantitative estimate of drug-likeness (QED) is 0.306. The molecule has 0 unspecified atom stereocenters. The summed E-state index contributed by atoms with van der Waals surface area (Å²) in [6.07, 6.45) is 7.26. The van der Waals surface area contributed by atoms with E-state index in [0.717, 1.165) is 45.5 Å². The fourth-order valence-electron chi connectivity index (χ4n) is 3.35. The molecule has 0 atom stereocenters. The van der Waals surface area contributed by atoms with Crippen LogP contribution in [0.15, 0.2) is 73.3 Å². The van der Waals surface area contributed by atoms with Crippen LogP contribution in [0.2, 0.25) is 0 Å². The minimum Gasteiger partial charge on any atom is -0.378 e. The molecule has 9 heteroatoms. The minimum atomic E-state index is 0. The zero-order valence-corrected chi connectivity index (χ0v) is 24.6. The maximum absolute atomic E-state index is 4.38. The Morgan fingerprint density at radius 3 is 0.730 bits per heavy atom. The molecule has 0 saturated carbocycles. The molecule has 0 N–H and O–H groups in total. The molecular weight excluding hydrogens is 549 g/mol. The summed E-state index contributed by atoms with van der Waals surface area (Å²) < 4.78 is 0. The molecule has 0 bridgehead atoms. The molecule has 0 spiro atoms. The van der Waals surface area contributed by atoms with Gasteiger partial charge in [0.1, 0.15) is 0 Å². The van der Waals surface area contributed by atoms with Crippen LogP contribution in [0.25, 0.3) is 22.8 Å². The average Bonchev–Trinajstić information content (AvgIpc) is 2.89. The van der Waals surface area contributed by atoms with Gasteiger partial charge in [0.05, 0.1) is 22.8 Å². The fourth-order valence-corrected chi connectivity index (χ4v) is 3.35. The Balaban J connectivity index is 0.000000253. The molecule has 37 heavy (non-hydrogen) atoms. The minimum absolute atomic E-state index is 0. The van der Waals surface area contributed by atoms with Crippen LogP contribution in [0, 0.1) is 0 Å². The molecule has 0 aliphatic rings. The number of aromatic nitrogens is 4. The predicted molar refractivity (Wildman–Crippen MR) is 152 cm³/mol. The first kappa shape index (κ1) is 29.7. The summed E-state index contributed by atoms with van der Waals surface area (Å²) in [6, 6.07) is 16.1. The Morgan fingerprint density at radius 2 is 0.568 bits per heavy atom. The first-order valence-electron chi connectivity index (χ1n) is 11.7. The molecule has 0 aromatic carbocycles. The van der Waals surface area contributed by atoms with Gasteiger partial charge in [0, 0.05) is 123 Å². The molecule has 0 fully saturated rings. The number of hydrogen-bond acceptors (Lipinski definition) is 8. The fraction of sp³-hybridized carbons (Fsp3) is 0.286. The Hall–Kier alpha value is -3.58. The predicted octanol–water partition coefficient (Wildman–Crippen LogP) is 4.55. The summed E-state index contributed by atoms with van der Waals surface area (Å²) in [7, 11) is 16.1. The zero-order chi connectivity index (χ0) is 26.2. The molecule has 196 valence electrons. The summed E-state index contributed by atoms with van der Waals surface area (Å²) in [5.74, 6) is 0. The topological polar surface area (TPSA) is 64.5 Å². The van der Waals surface area contributed by atoms with Gasteiger partial charge < -0.3 is 19.6 Å². The van der Waals surface area contributed by atoms with Gasteiger partial charge in [-0.05, 0) is 48.5 Å². The van der Waals surface area contributed by atoms with Crippen molar-refractivity contribution in [2.45, 2.75) is 0 Å². The van der Waals surface area contributed by atoms with E-state index in [0.29, 0.717) is 0 Å². The van der Waals surface area contributed by atoms with E-state index < -0.39 is 0 Å². The molecule has 4 heterocycles. The molecule has 0 saturated heterocycles. The Morgan fingerprint density at radius 1 is 0.378 bits per heavy atom. The normalized spacial score (nSPS) is 9.95. The summed E-state index contributed by atoms with van der Waals surface area (Å²) in [6.45, 7) is 0. The van der Waals surface area contributed by atoms with Crippen LogP contribution in [0.1, 0.15) is 0 Å². The van der Waals surface area contributed by atoms with Crippen molar-refractivity contribution in [3.8, 4) is 22.8 Å².